The molecular formula is C22H21F2N7O. The summed E-state index contributed by atoms with van der Waals surface area (Å²) in [5.74, 6) is 0.810. The number of benzene rings is 2. The van der Waals surface area contributed by atoms with Gasteiger partial charge in [-0.2, -0.15) is 15.1 Å². The van der Waals surface area contributed by atoms with Crippen molar-refractivity contribution in [3.05, 3.63) is 71.8 Å². The Morgan fingerprint density at radius 3 is 2.44 bits per heavy atom. The van der Waals surface area contributed by atoms with E-state index < -0.39 is 17.7 Å². The zero-order valence-corrected chi connectivity index (χ0v) is 17.4. The molecule has 2 aromatic heterocycles. The highest BCUT2D eigenvalue weighted by Gasteiger charge is 2.14. The maximum Gasteiger partial charge on any atom is 0.223 e. The molecule has 0 bridgehead atoms. The maximum atomic E-state index is 14.1. The summed E-state index contributed by atoms with van der Waals surface area (Å²) in [6.45, 7) is 1.73. The number of anilines is 4. The van der Waals surface area contributed by atoms with E-state index in [-0.39, 0.29) is 5.95 Å². The van der Waals surface area contributed by atoms with Crippen LogP contribution in [0.3, 0.4) is 0 Å². The van der Waals surface area contributed by atoms with Crippen LogP contribution < -0.4 is 21.1 Å². The van der Waals surface area contributed by atoms with E-state index in [1.54, 1.807) is 20.1 Å². The molecule has 5 N–H and O–H groups in total. The number of H-pyrrole nitrogens is 1. The molecule has 1 unspecified atom stereocenters. The molecule has 4 aromatic rings. The highest BCUT2D eigenvalue weighted by atomic mass is 19.1. The van der Waals surface area contributed by atoms with Crippen LogP contribution >= 0.6 is 0 Å². The fourth-order valence-corrected chi connectivity index (χ4v) is 3.19. The smallest absolute Gasteiger partial charge is 0.223 e. The van der Waals surface area contributed by atoms with Gasteiger partial charge < -0.3 is 21.1 Å². The molecule has 0 radical (unpaired) electrons. The highest BCUT2D eigenvalue weighted by Crippen LogP contribution is 2.26. The molecule has 0 aliphatic rings. The summed E-state index contributed by atoms with van der Waals surface area (Å²) in [6.07, 6.45) is 0. The van der Waals surface area contributed by atoms with Gasteiger partial charge in [0.15, 0.2) is 5.82 Å². The Morgan fingerprint density at radius 1 is 0.969 bits per heavy atom. The van der Waals surface area contributed by atoms with Crippen LogP contribution in [0.2, 0.25) is 0 Å². The molecule has 0 spiro atoms. The number of nitrogens with two attached hydrogens (primary N) is 1. The summed E-state index contributed by atoms with van der Waals surface area (Å²) in [5, 5.41) is 13.3. The van der Waals surface area contributed by atoms with Crippen molar-refractivity contribution in [1.29, 1.82) is 0 Å². The lowest BCUT2D eigenvalue weighted by atomic mass is 10.1. The minimum atomic E-state index is -0.645. The largest absolute Gasteiger partial charge is 0.497 e. The molecule has 2 heterocycles. The lowest BCUT2D eigenvalue weighted by Gasteiger charge is -2.16. The monoisotopic (exact) mass is 437 g/mol. The van der Waals surface area contributed by atoms with Gasteiger partial charge in [-0.25, -0.2) is 8.78 Å². The Balaban J connectivity index is 1.50. The van der Waals surface area contributed by atoms with Gasteiger partial charge in [-0.15, -0.1) is 0 Å². The average Bonchev–Trinajstić information content (AvgIpc) is 3.21. The zero-order valence-electron chi connectivity index (χ0n) is 17.4. The van der Waals surface area contributed by atoms with E-state index in [2.05, 4.69) is 30.8 Å². The number of halogens is 2. The third-order valence-electron chi connectivity index (χ3n) is 4.77. The van der Waals surface area contributed by atoms with E-state index in [0.29, 0.717) is 23.0 Å². The minimum absolute atomic E-state index is 0.0233. The Morgan fingerprint density at radius 2 is 1.72 bits per heavy atom. The third kappa shape index (κ3) is 4.75. The van der Waals surface area contributed by atoms with Crippen molar-refractivity contribution in [2.45, 2.75) is 13.0 Å². The van der Waals surface area contributed by atoms with Crippen LogP contribution in [0.15, 0.2) is 54.6 Å². The van der Waals surface area contributed by atoms with Gasteiger partial charge in [-0.3, -0.25) is 5.10 Å². The standard InChI is InChI=1S/C22H21F2N7O/c1-12(16-8-5-14(23)9-17(16)24)26-19-11-20(29-22(25)28-19)27-21-10-18(30-31-21)13-3-6-15(32-2)7-4-13/h3-12H,1-2H3,(H5,25,26,27,28,29,30,31). The first-order valence-electron chi connectivity index (χ1n) is 9.74. The van der Waals surface area contributed by atoms with Gasteiger partial charge in [0.1, 0.15) is 29.0 Å². The number of aromatic amines is 1. The molecule has 0 aliphatic carbocycles. The van der Waals surface area contributed by atoms with Crippen molar-refractivity contribution in [3.8, 4) is 17.0 Å². The minimum Gasteiger partial charge on any atom is -0.497 e. The van der Waals surface area contributed by atoms with Gasteiger partial charge in [0.05, 0.1) is 18.8 Å². The van der Waals surface area contributed by atoms with Gasteiger partial charge in [0.25, 0.3) is 0 Å². The van der Waals surface area contributed by atoms with E-state index in [0.717, 1.165) is 23.1 Å². The fraction of sp³-hybridized carbons (Fsp3) is 0.136. The molecule has 32 heavy (non-hydrogen) atoms. The number of ether oxygens (including phenoxy) is 1. The summed E-state index contributed by atoms with van der Waals surface area (Å²) < 4.78 is 32.4. The third-order valence-corrected chi connectivity index (χ3v) is 4.77. The van der Waals surface area contributed by atoms with Crippen LogP contribution in [0.1, 0.15) is 18.5 Å². The van der Waals surface area contributed by atoms with E-state index in [1.165, 1.54) is 12.1 Å². The molecule has 0 amide bonds. The van der Waals surface area contributed by atoms with Crippen LogP contribution in [0.4, 0.5) is 32.2 Å². The molecule has 0 saturated carbocycles. The van der Waals surface area contributed by atoms with Crippen molar-refractivity contribution in [2.24, 2.45) is 0 Å². The molecule has 0 saturated heterocycles. The Kier molecular flexibility index (Phi) is 5.84. The highest BCUT2D eigenvalue weighted by molar-refractivity contribution is 5.66. The van der Waals surface area contributed by atoms with Gasteiger partial charge in [0, 0.05) is 23.8 Å². The van der Waals surface area contributed by atoms with Crippen molar-refractivity contribution in [1.82, 2.24) is 20.2 Å². The topological polar surface area (TPSA) is 114 Å². The molecular weight excluding hydrogens is 416 g/mol. The number of hydrogen-bond acceptors (Lipinski definition) is 7. The molecule has 0 aliphatic heterocycles. The second-order valence-electron chi connectivity index (χ2n) is 7.05. The van der Waals surface area contributed by atoms with Crippen molar-refractivity contribution < 1.29 is 13.5 Å². The van der Waals surface area contributed by atoms with Crippen molar-refractivity contribution in [2.75, 3.05) is 23.5 Å². The van der Waals surface area contributed by atoms with Gasteiger partial charge in [-0.05, 0) is 42.8 Å². The van der Waals surface area contributed by atoms with Crippen LogP contribution in [-0.2, 0) is 0 Å². The first-order valence-corrected chi connectivity index (χ1v) is 9.74. The second-order valence-corrected chi connectivity index (χ2v) is 7.05. The molecule has 10 heteroatoms. The SMILES string of the molecule is COc1ccc(-c2cc(Nc3cc(NC(C)c4ccc(F)cc4F)nc(N)n3)n[nH]2)cc1. The molecule has 0 fully saturated rings. The van der Waals surface area contributed by atoms with Gasteiger partial charge in [0.2, 0.25) is 5.95 Å². The summed E-state index contributed by atoms with van der Waals surface area (Å²) in [4.78, 5) is 8.30. The number of nitrogens with one attached hydrogen (secondary N) is 3. The predicted octanol–water partition coefficient (Wildman–Crippen LogP) is 4.65. The Hall–Kier alpha value is -4.21. The quantitative estimate of drug-likeness (QED) is 0.333. The van der Waals surface area contributed by atoms with E-state index >= 15 is 0 Å². The number of nitrogen functional groups attached to an aromatic ring is 1. The molecule has 8 nitrogen and oxygen atoms in total. The number of rotatable bonds is 7. The lowest BCUT2D eigenvalue weighted by molar-refractivity contribution is 0.415. The lowest BCUT2D eigenvalue weighted by Crippen LogP contribution is -2.12. The van der Waals surface area contributed by atoms with Gasteiger partial charge >= 0.3 is 0 Å². The number of aromatic nitrogens is 4. The zero-order chi connectivity index (χ0) is 22.7. The fourth-order valence-electron chi connectivity index (χ4n) is 3.19. The van der Waals surface area contributed by atoms with Crippen LogP contribution in [0.5, 0.6) is 5.75 Å². The summed E-state index contributed by atoms with van der Waals surface area (Å²) in [6, 6.07) is 13.9. The Bertz CT molecular complexity index is 1230. The van der Waals surface area contributed by atoms with Crippen LogP contribution in [-0.4, -0.2) is 27.3 Å². The predicted molar refractivity (Wildman–Crippen MR) is 119 cm³/mol. The van der Waals surface area contributed by atoms with E-state index in [9.17, 15) is 8.78 Å². The Labute approximate surface area is 182 Å². The molecule has 1 atom stereocenters. The molecule has 4 rings (SSSR count). The summed E-state index contributed by atoms with van der Waals surface area (Å²) >= 11 is 0. The summed E-state index contributed by atoms with van der Waals surface area (Å²) in [5.41, 5.74) is 7.87. The number of methoxy groups -OCH3 is 1. The van der Waals surface area contributed by atoms with Crippen LogP contribution in [0.25, 0.3) is 11.3 Å². The number of nitrogens with zero attached hydrogens (tertiary/aromatic N) is 3. The number of hydrogen-bond donors (Lipinski definition) is 4. The average molecular weight is 437 g/mol. The molecule has 2 aromatic carbocycles. The maximum absolute atomic E-state index is 14.1. The van der Waals surface area contributed by atoms with E-state index in [1.807, 2.05) is 30.3 Å². The molecule has 164 valence electrons. The summed E-state index contributed by atoms with van der Waals surface area (Å²) in [7, 11) is 1.61. The van der Waals surface area contributed by atoms with Crippen molar-refractivity contribution >= 4 is 23.4 Å². The van der Waals surface area contributed by atoms with Crippen molar-refractivity contribution in [3.63, 3.8) is 0 Å². The van der Waals surface area contributed by atoms with Gasteiger partial charge in [-0.1, -0.05) is 6.07 Å². The normalized spacial score (nSPS) is 11.8. The van der Waals surface area contributed by atoms with Crippen LogP contribution in [0, 0.1) is 11.6 Å². The first kappa shape index (κ1) is 21.0. The second kappa shape index (κ2) is 8.88. The first-order chi connectivity index (χ1) is 15.4. The van der Waals surface area contributed by atoms with E-state index in [4.69, 9.17) is 10.5 Å².